The van der Waals surface area contributed by atoms with E-state index >= 15 is 0 Å². The third-order valence-electron chi connectivity index (χ3n) is 5.03. The van der Waals surface area contributed by atoms with Gasteiger partial charge >= 0.3 is 0 Å². The number of aromatic nitrogens is 3. The highest BCUT2D eigenvalue weighted by Crippen LogP contribution is 2.22. The average Bonchev–Trinajstić information content (AvgIpc) is 3.18. The molecule has 0 atom stereocenters. The molecule has 0 saturated heterocycles. The Morgan fingerprint density at radius 2 is 1.83 bits per heavy atom. The van der Waals surface area contributed by atoms with Crippen LogP contribution in [0.2, 0.25) is 0 Å². The van der Waals surface area contributed by atoms with Crippen molar-refractivity contribution >= 4 is 17.7 Å². The Bertz CT molecular complexity index is 974. The molecule has 1 amide bonds. The zero-order valence-corrected chi connectivity index (χ0v) is 17.3. The Labute approximate surface area is 174 Å². The lowest BCUT2D eigenvalue weighted by molar-refractivity contribution is -0.129. The standard InChI is InChI=1S/C22H24N4O2S/c1-2-26-20(15-28-19-10-4-3-5-11-19)23-24-22(26)29-16-21(27)25-13-12-17-8-6-7-9-18(17)14-25/h3-11H,2,12-16H2,1H3. The highest BCUT2D eigenvalue weighted by molar-refractivity contribution is 7.99. The second kappa shape index (κ2) is 9.13. The van der Waals surface area contributed by atoms with Crippen LogP contribution >= 0.6 is 11.8 Å². The van der Waals surface area contributed by atoms with Gasteiger partial charge in [-0.3, -0.25) is 4.79 Å². The molecular weight excluding hydrogens is 384 g/mol. The largest absolute Gasteiger partial charge is 0.486 e. The van der Waals surface area contributed by atoms with Crippen molar-refractivity contribution in [3.05, 3.63) is 71.5 Å². The van der Waals surface area contributed by atoms with Crippen LogP contribution in [-0.4, -0.2) is 37.9 Å². The molecule has 0 fully saturated rings. The fraction of sp³-hybridized carbons (Fsp3) is 0.318. The van der Waals surface area contributed by atoms with E-state index in [9.17, 15) is 4.79 Å². The predicted octanol–water partition coefficient (Wildman–Crippen LogP) is 3.55. The summed E-state index contributed by atoms with van der Waals surface area (Å²) < 4.78 is 7.80. The fourth-order valence-corrected chi connectivity index (χ4v) is 4.37. The van der Waals surface area contributed by atoms with Crippen LogP contribution in [0.5, 0.6) is 5.75 Å². The van der Waals surface area contributed by atoms with Crippen LogP contribution in [0.1, 0.15) is 23.9 Å². The number of amides is 1. The summed E-state index contributed by atoms with van der Waals surface area (Å²) in [5, 5.41) is 9.30. The minimum Gasteiger partial charge on any atom is -0.486 e. The van der Waals surface area contributed by atoms with Crippen molar-refractivity contribution < 1.29 is 9.53 Å². The van der Waals surface area contributed by atoms with Crippen molar-refractivity contribution in [1.29, 1.82) is 0 Å². The van der Waals surface area contributed by atoms with E-state index in [4.69, 9.17) is 4.74 Å². The lowest BCUT2D eigenvalue weighted by Crippen LogP contribution is -2.37. The summed E-state index contributed by atoms with van der Waals surface area (Å²) in [5.41, 5.74) is 2.59. The maximum Gasteiger partial charge on any atom is 0.233 e. The number of ether oxygens (including phenoxy) is 1. The highest BCUT2D eigenvalue weighted by Gasteiger charge is 2.21. The first-order valence-corrected chi connectivity index (χ1v) is 10.8. The van der Waals surface area contributed by atoms with Crippen molar-refractivity contribution in [3.63, 3.8) is 0 Å². The molecule has 0 N–H and O–H groups in total. The molecule has 150 valence electrons. The molecule has 0 unspecified atom stereocenters. The summed E-state index contributed by atoms with van der Waals surface area (Å²) in [7, 11) is 0. The summed E-state index contributed by atoms with van der Waals surface area (Å²) in [6.45, 7) is 4.58. The van der Waals surface area contributed by atoms with Gasteiger partial charge in [0.1, 0.15) is 12.4 Å². The molecule has 0 spiro atoms. The lowest BCUT2D eigenvalue weighted by atomic mass is 10.00. The maximum atomic E-state index is 12.7. The van der Waals surface area contributed by atoms with Gasteiger partial charge in [0.15, 0.2) is 11.0 Å². The quantitative estimate of drug-likeness (QED) is 0.560. The van der Waals surface area contributed by atoms with E-state index in [0.29, 0.717) is 18.9 Å². The number of fused-ring (bicyclic) bond motifs is 1. The molecule has 7 heteroatoms. The summed E-state index contributed by atoms with van der Waals surface area (Å²) in [4.78, 5) is 14.7. The molecule has 1 aromatic heterocycles. The van der Waals surface area contributed by atoms with Crippen molar-refractivity contribution in [3.8, 4) is 5.75 Å². The van der Waals surface area contributed by atoms with E-state index < -0.39 is 0 Å². The van der Waals surface area contributed by atoms with Crippen LogP contribution in [0.25, 0.3) is 0 Å². The normalized spacial score (nSPS) is 13.2. The van der Waals surface area contributed by atoms with Crippen molar-refractivity contribution in [1.82, 2.24) is 19.7 Å². The number of nitrogens with zero attached hydrogens (tertiary/aromatic N) is 4. The molecule has 4 rings (SSSR count). The van der Waals surface area contributed by atoms with Crippen molar-refractivity contribution in [2.45, 2.75) is 38.2 Å². The topological polar surface area (TPSA) is 60.2 Å². The Kier molecular flexibility index (Phi) is 6.14. The van der Waals surface area contributed by atoms with Crippen molar-refractivity contribution in [2.75, 3.05) is 12.3 Å². The van der Waals surface area contributed by atoms with E-state index in [1.165, 1.54) is 22.9 Å². The Morgan fingerprint density at radius 3 is 2.62 bits per heavy atom. The number of thioether (sulfide) groups is 1. The van der Waals surface area contributed by atoms with E-state index in [0.717, 1.165) is 36.2 Å². The smallest absolute Gasteiger partial charge is 0.233 e. The maximum absolute atomic E-state index is 12.7. The Balaban J connectivity index is 1.35. The van der Waals surface area contributed by atoms with Crippen LogP contribution in [0.3, 0.4) is 0 Å². The van der Waals surface area contributed by atoms with Crippen LogP contribution < -0.4 is 4.74 Å². The third-order valence-corrected chi connectivity index (χ3v) is 5.98. The summed E-state index contributed by atoms with van der Waals surface area (Å²) in [5.74, 6) is 2.06. The number of carbonyl (C=O) groups excluding carboxylic acids is 1. The zero-order valence-electron chi connectivity index (χ0n) is 16.5. The molecule has 0 saturated carbocycles. The second-order valence-electron chi connectivity index (χ2n) is 6.87. The molecule has 1 aliphatic rings. The van der Waals surface area contributed by atoms with Gasteiger partial charge in [-0.25, -0.2) is 0 Å². The van der Waals surface area contributed by atoms with Crippen LogP contribution in [0, 0.1) is 0 Å². The van der Waals surface area contributed by atoms with E-state index in [-0.39, 0.29) is 5.91 Å². The van der Waals surface area contributed by atoms with E-state index in [2.05, 4.69) is 28.4 Å². The van der Waals surface area contributed by atoms with E-state index in [1.54, 1.807) is 0 Å². The second-order valence-corrected chi connectivity index (χ2v) is 7.81. The molecule has 1 aliphatic heterocycles. The van der Waals surface area contributed by atoms with Gasteiger partial charge < -0.3 is 14.2 Å². The zero-order chi connectivity index (χ0) is 20.1. The molecule has 29 heavy (non-hydrogen) atoms. The molecule has 2 heterocycles. The monoisotopic (exact) mass is 408 g/mol. The minimum atomic E-state index is 0.136. The van der Waals surface area contributed by atoms with Gasteiger partial charge in [-0.2, -0.15) is 0 Å². The molecule has 6 nitrogen and oxygen atoms in total. The molecule has 0 bridgehead atoms. The molecule has 0 aliphatic carbocycles. The number of hydrogen-bond acceptors (Lipinski definition) is 5. The first kappa shape index (κ1) is 19.5. The fourth-order valence-electron chi connectivity index (χ4n) is 3.44. The lowest BCUT2D eigenvalue weighted by Gasteiger charge is -2.28. The third kappa shape index (κ3) is 4.62. The van der Waals surface area contributed by atoms with Gasteiger partial charge in [0, 0.05) is 19.6 Å². The van der Waals surface area contributed by atoms with Crippen LogP contribution in [-0.2, 0) is 30.9 Å². The van der Waals surface area contributed by atoms with Crippen LogP contribution in [0.15, 0.2) is 59.8 Å². The number of benzene rings is 2. The molecular formula is C22H24N4O2S. The van der Waals surface area contributed by atoms with Gasteiger partial charge in [0.25, 0.3) is 0 Å². The highest BCUT2D eigenvalue weighted by atomic mass is 32.2. The molecule has 0 radical (unpaired) electrons. The van der Waals surface area contributed by atoms with Crippen LogP contribution in [0.4, 0.5) is 0 Å². The van der Waals surface area contributed by atoms with Gasteiger partial charge in [-0.1, -0.05) is 54.2 Å². The Hall–Kier alpha value is -2.80. The van der Waals surface area contributed by atoms with Gasteiger partial charge in [-0.15, -0.1) is 10.2 Å². The van der Waals surface area contributed by atoms with Gasteiger partial charge in [-0.05, 0) is 36.6 Å². The molecule has 2 aromatic carbocycles. The van der Waals surface area contributed by atoms with Gasteiger partial charge in [0.05, 0.1) is 5.75 Å². The predicted molar refractivity (Wildman–Crippen MR) is 113 cm³/mol. The Morgan fingerprint density at radius 1 is 1.07 bits per heavy atom. The summed E-state index contributed by atoms with van der Waals surface area (Å²) in [6.07, 6.45) is 0.915. The molecule has 3 aromatic rings. The number of hydrogen-bond donors (Lipinski definition) is 0. The first-order valence-electron chi connectivity index (χ1n) is 9.82. The summed E-state index contributed by atoms with van der Waals surface area (Å²) >= 11 is 1.44. The summed E-state index contributed by atoms with van der Waals surface area (Å²) in [6, 6.07) is 18.0. The SMILES string of the molecule is CCn1c(COc2ccccc2)nnc1SCC(=O)N1CCc2ccccc2C1. The minimum absolute atomic E-state index is 0.136. The number of carbonyl (C=O) groups is 1. The average molecular weight is 409 g/mol. The number of rotatable bonds is 7. The number of para-hydroxylation sites is 1. The van der Waals surface area contributed by atoms with Crippen molar-refractivity contribution in [2.24, 2.45) is 0 Å². The van der Waals surface area contributed by atoms with E-state index in [1.807, 2.05) is 52.8 Å². The first-order chi connectivity index (χ1) is 14.2. The van der Waals surface area contributed by atoms with Gasteiger partial charge in [0.2, 0.25) is 5.91 Å².